The summed E-state index contributed by atoms with van der Waals surface area (Å²) in [5, 5.41) is 30.6. The Balaban J connectivity index is 1.79. The third-order valence-electron chi connectivity index (χ3n) is 3.85. The Hall–Kier alpha value is -2.73. The Morgan fingerprint density at radius 1 is 1.22 bits per heavy atom. The number of aliphatic hydroxyl groups excluding tert-OH is 1. The summed E-state index contributed by atoms with van der Waals surface area (Å²) in [4.78, 5) is 0. The molecular formula is C17H14FIN6O2. The summed E-state index contributed by atoms with van der Waals surface area (Å²) in [7, 11) is 0. The van der Waals surface area contributed by atoms with Crippen LogP contribution in [0.15, 0.2) is 40.9 Å². The van der Waals surface area contributed by atoms with Crippen LogP contribution in [0.25, 0.3) is 22.4 Å². The number of nitrogens with one attached hydrogen (secondary N) is 3. The monoisotopic (exact) mass is 480 g/mol. The number of aromatic nitrogens is 4. The van der Waals surface area contributed by atoms with Gasteiger partial charge < -0.3 is 20.2 Å². The first-order valence-electron chi connectivity index (χ1n) is 8.02. The van der Waals surface area contributed by atoms with Crippen molar-refractivity contribution in [3.05, 3.63) is 45.9 Å². The predicted molar refractivity (Wildman–Crippen MR) is 107 cm³/mol. The summed E-state index contributed by atoms with van der Waals surface area (Å²) in [6.07, 6.45) is 1.68. The Morgan fingerprint density at radius 2 is 2.11 bits per heavy atom. The van der Waals surface area contributed by atoms with Crippen LogP contribution in [0.1, 0.15) is 0 Å². The second-order valence-electron chi connectivity index (χ2n) is 5.63. The highest BCUT2D eigenvalue weighted by molar-refractivity contribution is 14.1. The maximum atomic E-state index is 14.4. The van der Waals surface area contributed by atoms with Crippen molar-refractivity contribution in [1.29, 1.82) is 0 Å². The summed E-state index contributed by atoms with van der Waals surface area (Å²) in [5.74, 6) is -0.124. The average Bonchev–Trinajstić information content (AvgIpc) is 3.31. The number of fused-ring (bicyclic) bond motifs is 1. The van der Waals surface area contributed by atoms with Gasteiger partial charge in [-0.25, -0.2) is 4.39 Å². The van der Waals surface area contributed by atoms with E-state index in [1.807, 2.05) is 12.1 Å². The lowest BCUT2D eigenvalue weighted by Gasteiger charge is -2.12. The van der Waals surface area contributed by atoms with Crippen LogP contribution in [0.3, 0.4) is 0 Å². The molecule has 4 rings (SSSR count). The first-order valence-corrected chi connectivity index (χ1v) is 9.10. The van der Waals surface area contributed by atoms with E-state index in [9.17, 15) is 4.39 Å². The van der Waals surface area contributed by atoms with Crippen LogP contribution in [0.4, 0.5) is 21.8 Å². The quantitative estimate of drug-likeness (QED) is 0.313. The number of aromatic amines is 1. The van der Waals surface area contributed by atoms with Gasteiger partial charge in [0.05, 0.1) is 35.3 Å². The van der Waals surface area contributed by atoms with Crippen molar-refractivity contribution in [2.45, 2.75) is 0 Å². The fraction of sp³-hybridized carbons (Fsp3) is 0.118. The molecule has 0 fully saturated rings. The molecule has 27 heavy (non-hydrogen) atoms. The first-order chi connectivity index (χ1) is 13.2. The zero-order chi connectivity index (χ0) is 18.8. The molecule has 0 saturated carbocycles. The third-order valence-corrected chi connectivity index (χ3v) is 4.52. The molecule has 0 amide bonds. The second-order valence-corrected chi connectivity index (χ2v) is 6.88. The van der Waals surface area contributed by atoms with Crippen molar-refractivity contribution in [3.8, 4) is 11.5 Å². The smallest absolute Gasteiger partial charge is 0.315 e. The predicted octanol–water partition coefficient (Wildman–Crippen LogP) is 3.50. The second kappa shape index (κ2) is 7.48. The molecule has 138 valence electrons. The maximum absolute atomic E-state index is 14.4. The van der Waals surface area contributed by atoms with Crippen molar-refractivity contribution in [3.63, 3.8) is 0 Å². The van der Waals surface area contributed by atoms with Gasteiger partial charge in [0.1, 0.15) is 5.82 Å². The normalized spacial score (nSPS) is 11.1. The number of rotatable bonds is 6. The van der Waals surface area contributed by atoms with E-state index in [1.54, 1.807) is 18.3 Å². The highest BCUT2D eigenvalue weighted by atomic mass is 127. The molecule has 4 aromatic rings. The molecule has 0 aliphatic carbocycles. The molecule has 2 heterocycles. The SMILES string of the molecule is OCCNc1nnc(-c2ccc3cn[nH]c3c2Nc2ccc(I)cc2F)o1. The van der Waals surface area contributed by atoms with Crippen molar-refractivity contribution < 1.29 is 13.9 Å². The molecule has 8 nitrogen and oxygen atoms in total. The molecule has 0 spiro atoms. The van der Waals surface area contributed by atoms with E-state index >= 15 is 0 Å². The standard InChI is InChI=1S/C17H14FIN6O2/c18-12-7-10(19)2-4-13(12)22-15-11(3-1-9-8-21-23-14(9)15)16-24-25-17(27-16)20-5-6-26/h1-4,7-8,22,26H,5-6H2,(H,20,25)(H,21,23). The van der Waals surface area contributed by atoms with Gasteiger partial charge in [0, 0.05) is 15.5 Å². The van der Waals surface area contributed by atoms with Crippen LogP contribution in [0.2, 0.25) is 0 Å². The van der Waals surface area contributed by atoms with Gasteiger partial charge in [-0.1, -0.05) is 11.2 Å². The largest absolute Gasteiger partial charge is 0.403 e. The minimum Gasteiger partial charge on any atom is -0.403 e. The Morgan fingerprint density at radius 3 is 2.93 bits per heavy atom. The lowest BCUT2D eigenvalue weighted by molar-refractivity contribution is 0.309. The number of aliphatic hydroxyl groups is 1. The molecular weight excluding hydrogens is 466 g/mol. The fourth-order valence-electron chi connectivity index (χ4n) is 2.61. The molecule has 0 aliphatic heterocycles. The molecule has 4 N–H and O–H groups in total. The van der Waals surface area contributed by atoms with E-state index in [0.717, 1.165) is 8.96 Å². The number of hydrogen-bond donors (Lipinski definition) is 4. The van der Waals surface area contributed by atoms with Crippen LogP contribution in [-0.4, -0.2) is 38.7 Å². The van der Waals surface area contributed by atoms with Crippen molar-refractivity contribution in [1.82, 2.24) is 20.4 Å². The van der Waals surface area contributed by atoms with Gasteiger partial charge in [-0.05, 0) is 46.9 Å². The van der Waals surface area contributed by atoms with Crippen molar-refractivity contribution >= 4 is 50.9 Å². The van der Waals surface area contributed by atoms with Gasteiger partial charge in [-0.2, -0.15) is 5.10 Å². The maximum Gasteiger partial charge on any atom is 0.315 e. The number of anilines is 3. The van der Waals surface area contributed by atoms with E-state index in [-0.39, 0.29) is 24.3 Å². The molecule has 0 aliphatic rings. The number of halogens is 2. The highest BCUT2D eigenvalue weighted by Gasteiger charge is 2.18. The molecule has 0 bridgehead atoms. The topological polar surface area (TPSA) is 112 Å². The molecule has 0 atom stereocenters. The lowest BCUT2D eigenvalue weighted by atomic mass is 10.1. The Kier molecular flexibility index (Phi) is 4.90. The fourth-order valence-corrected chi connectivity index (χ4v) is 3.07. The summed E-state index contributed by atoms with van der Waals surface area (Å²) in [6.45, 7) is 0.233. The number of hydrogen-bond acceptors (Lipinski definition) is 7. The van der Waals surface area contributed by atoms with Crippen molar-refractivity contribution in [2.24, 2.45) is 0 Å². The number of benzene rings is 2. The summed E-state index contributed by atoms with van der Waals surface area (Å²) >= 11 is 2.05. The minimum absolute atomic E-state index is 0.0588. The van der Waals surface area contributed by atoms with Gasteiger partial charge >= 0.3 is 6.01 Å². The van der Waals surface area contributed by atoms with Gasteiger partial charge in [-0.15, -0.1) is 5.10 Å². The molecule has 2 aromatic carbocycles. The van der Waals surface area contributed by atoms with E-state index in [2.05, 4.69) is 53.6 Å². The first kappa shape index (κ1) is 17.7. The van der Waals surface area contributed by atoms with Gasteiger partial charge in [0.25, 0.3) is 5.89 Å². The van der Waals surface area contributed by atoms with Gasteiger partial charge in [0.2, 0.25) is 0 Å². The van der Waals surface area contributed by atoms with E-state index < -0.39 is 0 Å². The van der Waals surface area contributed by atoms with Crippen LogP contribution in [0.5, 0.6) is 0 Å². The molecule has 0 unspecified atom stereocenters. The Labute approximate surface area is 166 Å². The number of nitrogens with zero attached hydrogens (tertiary/aromatic N) is 3. The summed E-state index contributed by atoms with van der Waals surface area (Å²) in [5.41, 5.74) is 2.17. The summed E-state index contributed by atoms with van der Waals surface area (Å²) < 4.78 is 20.8. The van der Waals surface area contributed by atoms with Gasteiger partial charge in [0.15, 0.2) is 0 Å². The molecule has 0 radical (unpaired) electrons. The minimum atomic E-state index is -0.375. The zero-order valence-electron chi connectivity index (χ0n) is 13.8. The third kappa shape index (κ3) is 3.57. The summed E-state index contributed by atoms with van der Waals surface area (Å²) in [6, 6.07) is 8.76. The van der Waals surface area contributed by atoms with E-state index in [4.69, 9.17) is 9.52 Å². The molecule has 2 aromatic heterocycles. The van der Waals surface area contributed by atoms with Gasteiger partial charge in [-0.3, -0.25) is 5.10 Å². The van der Waals surface area contributed by atoms with Crippen LogP contribution in [0, 0.1) is 9.39 Å². The molecule has 0 saturated heterocycles. The molecule has 10 heteroatoms. The highest BCUT2D eigenvalue weighted by Crippen LogP contribution is 2.36. The van der Waals surface area contributed by atoms with E-state index in [0.29, 0.717) is 29.0 Å². The van der Waals surface area contributed by atoms with Crippen LogP contribution < -0.4 is 10.6 Å². The van der Waals surface area contributed by atoms with E-state index in [1.165, 1.54) is 6.07 Å². The number of H-pyrrole nitrogens is 1. The zero-order valence-corrected chi connectivity index (χ0v) is 16.0. The Bertz CT molecular complexity index is 1100. The van der Waals surface area contributed by atoms with Crippen molar-refractivity contribution in [2.75, 3.05) is 23.8 Å². The van der Waals surface area contributed by atoms with Crippen LogP contribution in [-0.2, 0) is 0 Å². The lowest BCUT2D eigenvalue weighted by Crippen LogP contribution is -2.05. The average molecular weight is 480 g/mol. The van der Waals surface area contributed by atoms with Crippen LogP contribution >= 0.6 is 22.6 Å².